The summed E-state index contributed by atoms with van der Waals surface area (Å²) in [6.45, 7) is 11.9. The predicted octanol–water partition coefficient (Wildman–Crippen LogP) is 0.833. The first-order valence-electron chi connectivity index (χ1n) is 8.88. The molecule has 0 bridgehead atoms. The van der Waals surface area contributed by atoms with Crippen LogP contribution in [0.15, 0.2) is 17.1 Å². The summed E-state index contributed by atoms with van der Waals surface area (Å²) in [4.78, 5) is 31.6. The van der Waals surface area contributed by atoms with Gasteiger partial charge in [-0.3, -0.25) is 9.59 Å². The molecule has 1 aliphatic rings. The van der Waals surface area contributed by atoms with Crippen molar-refractivity contribution >= 4 is 17.8 Å². The lowest BCUT2D eigenvalue weighted by Crippen LogP contribution is -2.50. The minimum atomic E-state index is -0.0474. The van der Waals surface area contributed by atoms with Crippen molar-refractivity contribution in [2.45, 2.75) is 39.7 Å². The van der Waals surface area contributed by atoms with E-state index in [1.54, 1.807) is 14.1 Å². The van der Waals surface area contributed by atoms with Crippen LogP contribution in [0.1, 0.15) is 33.6 Å². The number of likely N-dealkylation sites (N-methyl/N-ethyl adjacent to an activating group) is 1. The number of hydrogen-bond acceptors (Lipinski definition) is 3. The fourth-order valence-corrected chi connectivity index (χ4v) is 2.48. The molecule has 0 aliphatic carbocycles. The third-order valence-electron chi connectivity index (χ3n) is 4.07. The van der Waals surface area contributed by atoms with E-state index < -0.39 is 0 Å². The van der Waals surface area contributed by atoms with Gasteiger partial charge in [0, 0.05) is 45.7 Å². The van der Waals surface area contributed by atoms with Gasteiger partial charge in [-0.2, -0.15) is 0 Å². The van der Waals surface area contributed by atoms with E-state index in [0.717, 1.165) is 31.5 Å². The van der Waals surface area contributed by atoms with Crippen LogP contribution in [0.3, 0.4) is 0 Å². The summed E-state index contributed by atoms with van der Waals surface area (Å²) in [6.07, 6.45) is 1.74. The Kier molecular flexibility index (Phi) is 8.45. The number of piperidine rings is 1. The van der Waals surface area contributed by atoms with Gasteiger partial charge in [0.1, 0.15) is 6.54 Å². The topological polar surface area (TPSA) is 77.0 Å². The molecule has 2 N–H and O–H groups in total. The number of nitrogens with one attached hydrogen (secondary N) is 2. The fraction of sp³-hybridized carbons (Fsp3) is 0.722. The molecule has 2 amide bonds. The van der Waals surface area contributed by atoms with Gasteiger partial charge in [0.15, 0.2) is 5.96 Å². The fourth-order valence-electron chi connectivity index (χ4n) is 2.48. The molecule has 25 heavy (non-hydrogen) atoms. The molecular weight excluding hydrogens is 318 g/mol. The number of likely N-dealkylation sites (tertiary alicyclic amines) is 1. The van der Waals surface area contributed by atoms with Gasteiger partial charge in [-0.05, 0) is 19.8 Å². The molecule has 0 saturated carbocycles. The van der Waals surface area contributed by atoms with Gasteiger partial charge in [-0.25, -0.2) is 4.99 Å². The van der Waals surface area contributed by atoms with Crippen LogP contribution in [-0.4, -0.2) is 73.9 Å². The molecule has 7 nitrogen and oxygen atoms in total. The quantitative estimate of drug-likeness (QED) is 0.422. The van der Waals surface area contributed by atoms with Crippen LogP contribution >= 0.6 is 0 Å². The van der Waals surface area contributed by atoms with Crippen LogP contribution in [0.2, 0.25) is 0 Å². The molecule has 0 unspecified atom stereocenters. The van der Waals surface area contributed by atoms with Crippen LogP contribution in [-0.2, 0) is 9.59 Å². The number of guanidine groups is 1. The first-order valence-corrected chi connectivity index (χ1v) is 8.88. The summed E-state index contributed by atoms with van der Waals surface area (Å²) in [5.74, 6) is 0.820. The molecule has 0 aromatic rings. The van der Waals surface area contributed by atoms with Gasteiger partial charge in [-0.15, -0.1) is 0 Å². The Balaban J connectivity index is 2.60. The molecule has 142 valence electrons. The van der Waals surface area contributed by atoms with Crippen molar-refractivity contribution in [1.29, 1.82) is 0 Å². The number of aliphatic imine (C=N–C) groups is 1. The molecule has 1 fully saturated rings. The third-order valence-corrected chi connectivity index (χ3v) is 4.07. The molecule has 1 heterocycles. The van der Waals surface area contributed by atoms with Crippen LogP contribution in [0.5, 0.6) is 0 Å². The van der Waals surface area contributed by atoms with E-state index >= 15 is 0 Å². The Bertz CT molecular complexity index is 506. The second-order valence-corrected chi connectivity index (χ2v) is 7.16. The minimum absolute atomic E-state index is 0.0379. The lowest BCUT2D eigenvalue weighted by Gasteiger charge is -2.34. The number of carbonyl (C=O) groups excluding carboxylic acids is 2. The second-order valence-electron chi connectivity index (χ2n) is 7.16. The summed E-state index contributed by atoms with van der Waals surface area (Å²) in [7, 11) is 3.43. The number of nitrogens with zero attached hydrogens (tertiary/aromatic N) is 3. The molecule has 1 aliphatic heterocycles. The van der Waals surface area contributed by atoms with Gasteiger partial charge in [0.05, 0.1) is 0 Å². The molecule has 1 rings (SSSR count). The summed E-state index contributed by atoms with van der Waals surface area (Å²) in [5.41, 5.74) is 0.991. The first-order chi connectivity index (χ1) is 11.7. The Labute approximate surface area is 151 Å². The summed E-state index contributed by atoms with van der Waals surface area (Å²) in [5, 5.41) is 6.58. The molecule has 0 aromatic heterocycles. The first kappa shape index (κ1) is 21.0. The lowest BCUT2D eigenvalue weighted by atomic mass is 10.0. The average molecular weight is 351 g/mol. The lowest BCUT2D eigenvalue weighted by molar-refractivity contribution is -0.135. The van der Waals surface area contributed by atoms with Gasteiger partial charge in [0.2, 0.25) is 11.8 Å². The van der Waals surface area contributed by atoms with E-state index in [9.17, 15) is 9.59 Å². The number of carbonyl (C=O) groups is 2. The zero-order valence-electron chi connectivity index (χ0n) is 16.3. The van der Waals surface area contributed by atoms with Crippen LogP contribution in [0.25, 0.3) is 0 Å². The van der Waals surface area contributed by atoms with E-state index in [-0.39, 0.29) is 30.3 Å². The van der Waals surface area contributed by atoms with E-state index in [1.807, 2.05) is 25.7 Å². The third kappa shape index (κ3) is 7.58. The Morgan fingerprint density at radius 1 is 1.28 bits per heavy atom. The normalized spacial score (nSPS) is 15.9. The van der Waals surface area contributed by atoms with Crippen LogP contribution in [0.4, 0.5) is 0 Å². The van der Waals surface area contributed by atoms with E-state index in [1.165, 1.54) is 4.90 Å². The van der Waals surface area contributed by atoms with Crippen LogP contribution in [0, 0.1) is 5.92 Å². The van der Waals surface area contributed by atoms with Crippen molar-refractivity contribution in [3.63, 3.8) is 0 Å². The number of amides is 2. The maximum absolute atomic E-state index is 12.1. The van der Waals surface area contributed by atoms with Crippen molar-refractivity contribution in [2.24, 2.45) is 10.9 Å². The molecule has 0 atom stereocenters. The summed E-state index contributed by atoms with van der Waals surface area (Å²) in [6, 6.07) is 0.238. The predicted molar refractivity (Wildman–Crippen MR) is 101 cm³/mol. The van der Waals surface area contributed by atoms with Crippen molar-refractivity contribution in [1.82, 2.24) is 20.4 Å². The van der Waals surface area contributed by atoms with E-state index in [0.29, 0.717) is 12.5 Å². The second kappa shape index (κ2) is 10.1. The van der Waals surface area contributed by atoms with Crippen molar-refractivity contribution < 1.29 is 9.59 Å². The van der Waals surface area contributed by atoms with Crippen molar-refractivity contribution in [3.05, 3.63) is 12.2 Å². The standard InChI is InChI=1S/C18H33N5O2/c1-13(2)11-19-18(20-12-16(24)22(5)6)21-15-7-9-23(10-8-15)17(25)14(3)4/h14-15H,1,7-12H2,2-6H3,(H2,19,20,21). The molecule has 7 heteroatoms. The van der Waals surface area contributed by atoms with E-state index in [2.05, 4.69) is 22.2 Å². The smallest absolute Gasteiger partial charge is 0.243 e. The largest absolute Gasteiger partial charge is 0.354 e. The number of rotatable bonds is 6. The van der Waals surface area contributed by atoms with Gasteiger partial charge in [-0.1, -0.05) is 26.0 Å². The highest BCUT2D eigenvalue weighted by molar-refractivity contribution is 5.85. The van der Waals surface area contributed by atoms with Crippen LogP contribution < -0.4 is 10.6 Å². The maximum atomic E-state index is 12.1. The van der Waals surface area contributed by atoms with E-state index in [4.69, 9.17) is 0 Å². The zero-order valence-corrected chi connectivity index (χ0v) is 16.3. The SMILES string of the molecule is C=C(C)CNC(=NCC(=O)N(C)C)NC1CCN(C(=O)C(C)C)CC1. The Morgan fingerprint density at radius 3 is 2.36 bits per heavy atom. The number of hydrogen-bond donors (Lipinski definition) is 2. The van der Waals surface area contributed by atoms with Gasteiger partial charge >= 0.3 is 0 Å². The Morgan fingerprint density at radius 2 is 1.88 bits per heavy atom. The molecular formula is C18H33N5O2. The molecule has 1 saturated heterocycles. The zero-order chi connectivity index (χ0) is 19.0. The monoisotopic (exact) mass is 351 g/mol. The minimum Gasteiger partial charge on any atom is -0.354 e. The molecule has 0 aromatic carbocycles. The molecule has 0 radical (unpaired) electrons. The van der Waals surface area contributed by atoms with Gasteiger partial charge in [0.25, 0.3) is 0 Å². The highest BCUT2D eigenvalue weighted by atomic mass is 16.2. The van der Waals surface area contributed by atoms with Crippen molar-refractivity contribution in [3.8, 4) is 0 Å². The molecule has 0 spiro atoms. The summed E-state index contributed by atoms with van der Waals surface area (Å²) < 4.78 is 0. The summed E-state index contributed by atoms with van der Waals surface area (Å²) >= 11 is 0. The highest BCUT2D eigenvalue weighted by Gasteiger charge is 2.24. The highest BCUT2D eigenvalue weighted by Crippen LogP contribution is 2.13. The van der Waals surface area contributed by atoms with Gasteiger partial charge < -0.3 is 20.4 Å². The van der Waals surface area contributed by atoms with Crippen molar-refractivity contribution in [2.75, 3.05) is 40.3 Å². The maximum Gasteiger partial charge on any atom is 0.243 e. The average Bonchev–Trinajstić information content (AvgIpc) is 2.56. The Hall–Kier alpha value is -2.05.